The number of cyclic esters (lactones) is 1. The second-order valence-electron chi connectivity index (χ2n) is 6.49. The first-order valence-corrected chi connectivity index (χ1v) is 11.3. The first-order valence-electron chi connectivity index (χ1n) is 9.43. The average molecular weight is 594 g/mol. The van der Waals surface area contributed by atoms with Crippen LogP contribution < -0.4 is 9.47 Å². The summed E-state index contributed by atoms with van der Waals surface area (Å²) in [5.41, 5.74) is 1.95. The number of rotatable bonds is 7. The van der Waals surface area contributed by atoms with Gasteiger partial charge >= 0.3 is 5.97 Å². The summed E-state index contributed by atoms with van der Waals surface area (Å²) in [5, 5.41) is 0. The van der Waals surface area contributed by atoms with E-state index < -0.39 is 5.97 Å². The second-order valence-corrected chi connectivity index (χ2v) is 8.59. The molecule has 3 aromatic rings. The highest BCUT2D eigenvalue weighted by molar-refractivity contribution is 14.1. The van der Waals surface area contributed by atoms with Gasteiger partial charge in [0, 0.05) is 3.57 Å². The minimum atomic E-state index is -0.542. The molecule has 0 fully saturated rings. The van der Waals surface area contributed by atoms with Crippen LogP contribution in [0.2, 0.25) is 0 Å². The third-order valence-corrected chi connectivity index (χ3v) is 5.52. The molecule has 4 rings (SSSR count). The molecule has 1 aliphatic rings. The lowest BCUT2D eigenvalue weighted by Gasteiger charge is -2.15. The van der Waals surface area contributed by atoms with Crippen molar-refractivity contribution >= 4 is 56.5 Å². The van der Waals surface area contributed by atoms with Crippen LogP contribution >= 0.6 is 38.5 Å². The molecule has 2 heterocycles. The number of halogens is 2. The molecule has 0 bridgehead atoms. The van der Waals surface area contributed by atoms with Gasteiger partial charge in [-0.05, 0) is 99.0 Å². The predicted octanol–water partition coefficient (Wildman–Crippen LogP) is 5.97. The van der Waals surface area contributed by atoms with Crippen molar-refractivity contribution in [3.05, 3.63) is 85.4 Å². The van der Waals surface area contributed by atoms with Gasteiger partial charge in [0.25, 0.3) is 5.90 Å². The number of carbonyl (C=O) groups excluding carboxylic acids is 1. The molecule has 0 aliphatic carbocycles. The van der Waals surface area contributed by atoms with Crippen LogP contribution in [0.1, 0.15) is 23.8 Å². The lowest BCUT2D eigenvalue weighted by molar-refractivity contribution is -0.130. The molecule has 0 unspecified atom stereocenters. The molecule has 0 spiro atoms. The monoisotopic (exact) mass is 593 g/mol. The fourth-order valence-electron chi connectivity index (χ4n) is 2.93. The number of ether oxygens (including phenoxy) is 3. The fraction of sp³-hybridized carbons (Fsp3) is 0.130. The third-order valence-electron chi connectivity index (χ3n) is 4.26. The summed E-state index contributed by atoms with van der Waals surface area (Å²) in [7, 11) is 0. The molecule has 158 valence electrons. The van der Waals surface area contributed by atoms with Gasteiger partial charge in [0.05, 0.1) is 17.3 Å². The first kappa shape index (κ1) is 21.6. The molecule has 2 aromatic carbocycles. The Morgan fingerprint density at radius 3 is 2.77 bits per heavy atom. The first-order chi connectivity index (χ1) is 15.0. The zero-order valence-electron chi connectivity index (χ0n) is 16.4. The lowest BCUT2D eigenvalue weighted by atomic mass is 10.1. The summed E-state index contributed by atoms with van der Waals surface area (Å²) in [6, 6.07) is 15.1. The standard InChI is InChI=1S/C23H17BrINO5/c1-2-28-20-12-15(11-18-23(27)31-22(26-18)19-7-4-8-29-19)10-17(24)21(20)30-13-14-5-3-6-16(25)9-14/h3-12H,2,13H2,1H3/b18-11-. The highest BCUT2D eigenvalue weighted by Gasteiger charge is 2.26. The van der Waals surface area contributed by atoms with Gasteiger partial charge in [0.2, 0.25) is 0 Å². The van der Waals surface area contributed by atoms with Gasteiger partial charge in [-0.15, -0.1) is 0 Å². The Bertz CT molecular complexity index is 1170. The Morgan fingerprint density at radius 2 is 2.03 bits per heavy atom. The zero-order valence-corrected chi connectivity index (χ0v) is 20.2. The van der Waals surface area contributed by atoms with Crippen molar-refractivity contribution in [2.45, 2.75) is 13.5 Å². The number of furan rings is 1. The maximum atomic E-state index is 12.2. The maximum Gasteiger partial charge on any atom is 0.363 e. The lowest BCUT2D eigenvalue weighted by Crippen LogP contribution is -2.04. The largest absolute Gasteiger partial charge is 0.490 e. The van der Waals surface area contributed by atoms with Crippen molar-refractivity contribution in [1.29, 1.82) is 0 Å². The van der Waals surface area contributed by atoms with Gasteiger partial charge in [-0.1, -0.05) is 12.1 Å². The Kier molecular flexibility index (Phi) is 6.77. The molecule has 1 aromatic heterocycles. The van der Waals surface area contributed by atoms with Crippen molar-refractivity contribution in [3.8, 4) is 11.5 Å². The van der Waals surface area contributed by atoms with E-state index in [1.807, 2.05) is 31.2 Å². The van der Waals surface area contributed by atoms with E-state index in [1.54, 1.807) is 24.3 Å². The Balaban J connectivity index is 1.61. The van der Waals surface area contributed by atoms with E-state index in [0.29, 0.717) is 40.5 Å². The molecule has 0 amide bonds. The second kappa shape index (κ2) is 9.69. The van der Waals surface area contributed by atoms with E-state index in [2.05, 4.69) is 49.6 Å². The smallest absolute Gasteiger partial charge is 0.363 e. The number of nitrogens with zero attached hydrogens (tertiary/aromatic N) is 1. The van der Waals surface area contributed by atoms with E-state index in [-0.39, 0.29) is 11.6 Å². The number of hydrogen-bond acceptors (Lipinski definition) is 6. The number of hydrogen-bond donors (Lipinski definition) is 0. The number of benzene rings is 2. The van der Waals surface area contributed by atoms with Crippen molar-refractivity contribution in [3.63, 3.8) is 0 Å². The molecule has 6 nitrogen and oxygen atoms in total. The highest BCUT2D eigenvalue weighted by Crippen LogP contribution is 2.38. The van der Waals surface area contributed by atoms with Crippen LogP contribution in [-0.2, 0) is 16.1 Å². The molecular formula is C23H17BrINO5. The molecule has 8 heteroatoms. The molecule has 0 radical (unpaired) electrons. The van der Waals surface area contributed by atoms with E-state index >= 15 is 0 Å². The number of carbonyl (C=O) groups is 1. The van der Waals surface area contributed by atoms with Crippen LogP contribution in [0.4, 0.5) is 0 Å². The van der Waals surface area contributed by atoms with Gasteiger partial charge in [0.15, 0.2) is 23.0 Å². The SMILES string of the molecule is CCOc1cc(/C=C2\N=C(c3ccco3)OC2=O)cc(Br)c1OCc1cccc(I)c1. The molecule has 0 saturated carbocycles. The summed E-state index contributed by atoms with van der Waals surface area (Å²) < 4.78 is 24.1. The van der Waals surface area contributed by atoms with Gasteiger partial charge < -0.3 is 18.6 Å². The summed E-state index contributed by atoms with van der Waals surface area (Å²) >= 11 is 5.83. The van der Waals surface area contributed by atoms with Crippen LogP contribution in [0.15, 0.2) is 74.4 Å². The van der Waals surface area contributed by atoms with E-state index in [9.17, 15) is 4.79 Å². The quantitative estimate of drug-likeness (QED) is 0.192. The molecule has 1 aliphatic heterocycles. The zero-order chi connectivity index (χ0) is 21.8. The van der Waals surface area contributed by atoms with Gasteiger partial charge in [-0.2, -0.15) is 0 Å². The van der Waals surface area contributed by atoms with E-state index in [1.165, 1.54) is 6.26 Å². The van der Waals surface area contributed by atoms with Crippen molar-refractivity contribution in [2.75, 3.05) is 6.61 Å². The summed E-state index contributed by atoms with van der Waals surface area (Å²) in [4.78, 5) is 16.5. The molecule has 0 saturated heterocycles. The third kappa shape index (κ3) is 5.19. The van der Waals surface area contributed by atoms with Crippen molar-refractivity contribution in [1.82, 2.24) is 0 Å². The summed E-state index contributed by atoms with van der Waals surface area (Å²) in [6.45, 7) is 2.77. The topological polar surface area (TPSA) is 70.3 Å². The van der Waals surface area contributed by atoms with Crippen LogP contribution in [-0.4, -0.2) is 18.5 Å². The molecular weight excluding hydrogens is 577 g/mol. The van der Waals surface area contributed by atoms with E-state index in [0.717, 1.165) is 9.13 Å². The van der Waals surface area contributed by atoms with Crippen LogP contribution in [0, 0.1) is 3.57 Å². The Morgan fingerprint density at radius 1 is 1.16 bits per heavy atom. The minimum absolute atomic E-state index is 0.141. The van der Waals surface area contributed by atoms with Crippen molar-refractivity contribution in [2.24, 2.45) is 4.99 Å². The van der Waals surface area contributed by atoms with Crippen LogP contribution in [0.25, 0.3) is 6.08 Å². The normalized spacial score (nSPS) is 14.5. The summed E-state index contributed by atoms with van der Waals surface area (Å²) in [5.74, 6) is 1.15. The van der Waals surface area contributed by atoms with Crippen LogP contribution in [0.3, 0.4) is 0 Å². The highest BCUT2D eigenvalue weighted by atomic mass is 127. The molecule has 0 N–H and O–H groups in total. The fourth-order valence-corrected chi connectivity index (χ4v) is 4.11. The van der Waals surface area contributed by atoms with E-state index in [4.69, 9.17) is 18.6 Å². The number of esters is 1. The predicted molar refractivity (Wildman–Crippen MR) is 128 cm³/mol. The maximum absolute atomic E-state index is 12.2. The van der Waals surface area contributed by atoms with Gasteiger partial charge in [-0.3, -0.25) is 0 Å². The average Bonchev–Trinajstić information content (AvgIpc) is 3.38. The van der Waals surface area contributed by atoms with Crippen molar-refractivity contribution < 1.29 is 23.4 Å². The Hall–Kier alpha value is -2.59. The Labute approximate surface area is 201 Å². The van der Waals surface area contributed by atoms with Gasteiger partial charge in [-0.25, -0.2) is 9.79 Å². The molecule has 0 atom stereocenters. The number of aliphatic imine (C=N–C) groups is 1. The minimum Gasteiger partial charge on any atom is -0.490 e. The summed E-state index contributed by atoms with van der Waals surface area (Å²) in [6.07, 6.45) is 3.13. The molecule has 31 heavy (non-hydrogen) atoms. The van der Waals surface area contributed by atoms with Gasteiger partial charge in [0.1, 0.15) is 6.61 Å². The van der Waals surface area contributed by atoms with Crippen LogP contribution in [0.5, 0.6) is 11.5 Å².